The SMILES string of the molecule is COc1ccc(S(=O)(=O)N(C)C)cc1NC(=O)[C@@H]1COc2ccccc2O1. The van der Waals surface area contributed by atoms with E-state index in [4.69, 9.17) is 14.2 Å². The predicted molar refractivity (Wildman–Crippen MR) is 98.8 cm³/mol. The van der Waals surface area contributed by atoms with Gasteiger partial charge in [-0.2, -0.15) is 0 Å². The molecule has 0 spiro atoms. The topological polar surface area (TPSA) is 94.2 Å². The highest BCUT2D eigenvalue weighted by Crippen LogP contribution is 2.32. The summed E-state index contributed by atoms with van der Waals surface area (Å²) in [5, 5.41) is 2.66. The molecule has 1 N–H and O–H groups in total. The molecule has 0 fully saturated rings. The van der Waals surface area contributed by atoms with Gasteiger partial charge in [-0.1, -0.05) is 12.1 Å². The number of rotatable bonds is 5. The van der Waals surface area contributed by atoms with Crippen LogP contribution in [0.25, 0.3) is 0 Å². The summed E-state index contributed by atoms with van der Waals surface area (Å²) >= 11 is 0. The third kappa shape index (κ3) is 3.83. The lowest BCUT2D eigenvalue weighted by Crippen LogP contribution is -2.40. The first-order chi connectivity index (χ1) is 12.8. The van der Waals surface area contributed by atoms with Crippen LogP contribution < -0.4 is 19.5 Å². The molecule has 1 aliphatic rings. The highest BCUT2D eigenvalue weighted by Gasteiger charge is 2.28. The molecule has 0 radical (unpaired) electrons. The monoisotopic (exact) mass is 392 g/mol. The number of benzene rings is 2. The second kappa shape index (κ2) is 7.45. The van der Waals surface area contributed by atoms with Gasteiger partial charge >= 0.3 is 0 Å². The van der Waals surface area contributed by atoms with Gasteiger partial charge in [0.1, 0.15) is 12.4 Å². The second-order valence-electron chi connectivity index (χ2n) is 6.00. The van der Waals surface area contributed by atoms with E-state index in [-0.39, 0.29) is 17.2 Å². The van der Waals surface area contributed by atoms with Gasteiger partial charge < -0.3 is 19.5 Å². The number of para-hydroxylation sites is 2. The van der Waals surface area contributed by atoms with Crippen molar-refractivity contribution in [3.05, 3.63) is 42.5 Å². The second-order valence-corrected chi connectivity index (χ2v) is 8.15. The molecule has 1 heterocycles. The maximum Gasteiger partial charge on any atom is 0.269 e. The summed E-state index contributed by atoms with van der Waals surface area (Å²) in [5.41, 5.74) is 0.230. The van der Waals surface area contributed by atoms with E-state index in [1.54, 1.807) is 18.2 Å². The van der Waals surface area contributed by atoms with Crippen molar-refractivity contribution in [1.29, 1.82) is 0 Å². The molecule has 2 aromatic carbocycles. The van der Waals surface area contributed by atoms with Gasteiger partial charge in [0.05, 0.1) is 17.7 Å². The lowest BCUT2D eigenvalue weighted by atomic mass is 10.2. The van der Waals surface area contributed by atoms with Gasteiger partial charge in [-0.3, -0.25) is 4.79 Å². The van der Waals surface area contributed by atoms with Crippen molar-refractivity contribution in [2.24, 2.45) is 0 Å². The van der Waals surface area contributed by atoms with Gasteiger partial charge in [0.2, 0.25) is 16.1 Å². The molecule has 9 heteroatoms. The van der Waals surface area contributed by atoms with Crippen LogP contribution >= 0.6 is 0 Å². The van der Waals surface area contributed by atoms with Crippen molar-refractivity contribution in [1.82, 2.24) is 4.31 Å². The minimum Gasteiger partial charge on any atom is -0.495 e. The maximum atomic E-state index is 12.6. The Labute approximate surface area is 157 Å². The highest BCUT2D eigenvalue weighted by molar-refractivity contribution is 7.89. The summed E-state index contributed by atoms with van der Waals surface area (Å²) in [6.07, 6.45) is -0.876. The third-order valence-corrected chi connectivity index (χ3v) is 5.82. The Kier molecular flexibility index (Phi) is 5.24. The summed E-state index contributed by atoms with van der Waals surface area (Å²) in [6.45, 7) is 0.0425. The molecule has 0 saturated carbocycles. The van der Waals surface area contributed by atoms with E-state index in [0.29, 0.717) is 17.2 Å². The minimum absolute atomic E-state index is 0.0368. The summed E-state index contributed by atoms with van der Waals surface area (Å²) in [6, 6.07) is 11.3. The predicted octanol–water partition coefficient (Wildman–Crippen LogP) is 1.72. The lowest BCUT2D eigenvalue weighted by Gasteiger charge is -2.25. The molecule has 0 unspecified atom stereocenters. The zero-order chi connectivity index (χ0) is 19.6. The molecule has 144 valence electrons. The number of sulfonamides is 1. The van der Waals surface area contributed by atoms with E-state index < -0.39 is 22.0 Å². The van der Waals surface area contributed by atoms with Crippen molar-refractivity contribution in [3.8, 4) is 17.2 Å². The number of fused-ring (bicyclic) bond motifs is 1. The maximum absolute atomic E-state index is 12.6. The van der Waals surface area contributed by atoms with Crippen molar-refractivity contribution in [3.63, 3.8) is 0 Å². The smallest absolute Gasteiger partial charge is 0.269 e. The van der Waals surface area contributed by atoms with E-state index >= 15 is 0 Å². The van der Waals surface area contributed by atoms with Crippen LogP contribution in [0.1, 0.15) is 0 Å². The Morgan fingerprint density at radius 3 is 2.56 bits per heavy atom. The average molecular weight is 392 g/mol. The molecule has 1 amide bonds. The largest absolute Gasteiger partial charge is 0.495 e. The zero-order valence-corrected chi connectivity index (χ0v) is 15.9. The van der Waals surface area contributed by atoms with Crippen LogP contribution in [-0.2, 0) is 14.8 Å². The number of ether oxygens (including phenoxy) is 3. The molecule has 0 bridgehead atoms. The summed E-state index contributed by atoms with van der Waals surface area (Å²) in [4.78, 5) is 12.6. The van der Waals surface area contributed by atoms with Gasteiger partial charge in [0, 0.05) is 14.1 Å². The molecular formula is C18H20N2O6S. The molecule has 27 heavy (non-hydrogen) atoms. The molecule has 8 nitrogen and oxygen atoms in total. The van der Waals surface area contributed by atoms with Crippen molar-refractivity contribution >= 4 is 21.6 Å². The molecule has 0 aromatic heterocycles. The Bertz CT molecular complexity index is 958. The number of carbonyl (C=O) groups is 1. The molecule has 2 aromatic rings. The van der Waals surface area contributed by atoms with Gasteiger partial charge in [-0.15, -0.1) is 0 Å². The fourth-order valence-corrected chi connectivity index (χ4v) is 3.45. The fraction of sp³-hybridized carbons (Fsp3) is 0.278. The van der Waals surface area contributed by atoms with Gasteiger partial charge in [-0.25, -0.2) is 12.7 Å². The quantitative estimate of drug-likeness (QED) is 0.833. The number of nitrogens with zero attached hydrogens (tertiary/aromatic N) is 1. The Morgan fingerprint density at radius 1 is 1.19 bits per heavy atom. The third-order valence-electron chi connectivity index (χ3n) is 4.01. The summed E-state index contributed by atoms with van der Waals surface area (Å²) in [7, 11) is 0.644. The number of methoxy groups -OCH3 is 1. The molecule has 1 aliphatic heterocycles. The van der Waals surface area contributed by atoms with E-state index in [1.165, 1.54) is 39.4 Å². The number of hydrogen-bond donors (Lipinski definition) is 1. The first kappa shape index (κ1) is 19.0. The molecule has 0 aliphatic carbocycles. The number of hydrogen-bond acceptors (Lipinski definition) is 6. The average Bonchev–Trinajstić information content (AvgIpc) is 2.67. The number of carbonyl (C=O) groups excluding carboxylic acids is 1. The Morgan fingerprint density at radius 2 is 1.89 bits per heavy atom. The summed E-state index contributed by atoms with van der Waals surface area (Å²) in [5.74, 6) is 0.901. The van der Waals surface area contributed by atoms with Crippen LogP contribution in [0.15, 0.2) is 47.4 Å². The van der Waals surface area contributed by atoms with Crippen LogP contribution in [0.2, 0.25) is 0 Å². The highest BCUT2D eigenvalue weighted by atomic mass is 32.2. The van der Waals surface area contributed by atoms with Crippen molar-refractivity contribution in [2.75, 3.05) is 33.1 Å². The van der Waals surface area contributed by atoms with Gasteiger partial charge in [-0.05, 0) is 30.3 Å². The number of anilines is 1. The van der Waals surface area contributed by atoms with E-state index in [2.05, 4.69) is 5.32 Å². The van der Waals surface area contributed by atoms with Crippen LogP contribution in [0.4, 0.5) is 5.69 Å². The fourth-order valence-electron chi connectivity index (χ4n) is 2.52. The summed E-state index contributed by atoms with van der Waals surface area (Å²) < 4.78 is 42.2. The molecule has 3 rings (SSSR count). The minimum atomic E-state index is -3.65. The molecule has 1 atom stereocenters. The van der Waals surface area contributed by atoms with Crippen LogP contribution in [0.5, 0.6) is 17.2 Å². The van der Waals surface area contributed by atoms with Gasteiger partial charge in [0.15, 0.2) is 11.5 Å². The van der Waals surface area contributed by atoms with E-state index in [1.807, 2.05) is 6.07 Å². The zero-order valence-electron chi connectivity index (χ0n) is 15.1. The molecular weight excluding hydrogens is 372 g/mol. The van der Waals surface area contributed by atoms with Crippen molar-refractivity contribution < 1.29 is 27.4 Å². The van der Waals surface area contributed by atoms with Crippen LogP contribution in [-0.4, -0.2) is 52.5 Å². The number of nitrogens with one attached hydrogen (secondary N) is 1. The first-order valence-electron chi connectivity index (χ1n) is 8.13. The van der Waals surface area contributed by atoms with Crippen LogP contribution in [0, 0.1) is 0 Å². The first-order valence-corrected chi connectivity index (χ1v) is 9.57. The van der Waals surface area contributed by atoms with Crippen LogP contribution in [0.3, 0.4) is 0 Å². The lowest BCUT2D eigenvalue weighted by molar-refractivity contribution is -0.125. The van der Waals surface area contributed by atoms with E-state index in [0.717, 1.165) is 4.31 Å². The standard InChI is InChI=1S/C18H20N2O6S/c1-20(2)27(22,23)12-8-9-14(24-3)13(10-12)19-18(21)17-11-25-15-6-4-5-7-16(15)26-17/h4-10,17H,11H2,1-3H3,(H,19,21)/t17-/m0/s1. The normalized spacial score (nSPS) is 16.1. The Hall–Kier alpha value is -2.78. The van der Waals surface area contributed by atoms with Gasteiger partial charge in [0.25, 0.3) is 5.91 Å². The number of amides is 1. The van der Waals surface area contributed by atoms with Crippen molar-refractivity contribution in [2.45, 2.75) is 11.0 Å². The Balaban J connectivity index is 1.83. The van der Waals surface area contributed by atoms with E-state index in [9.17, 15) is 13.2 Å². The molecule has 0 saturated heterocycles.